The van der Waals surface area contributed by atoms with E-state index in [4.69, 9.17) is 4.74 Å². The fraction of sp³-hybridized carbons (Fsp3) is 0.462. The van der Waals surface area contributed by atoms with Gasteiger partial charge in [-0.3, -0.25) is 9.59 Å². The van der Waals surface area contributed by atoms with Crippen LogP contribution >= 0.6 is 0 Å². The van der Waals surface area contributed by atoms with Gasteiger partial charge in [0.25, 0.3) is 0 Å². The molecule has 0 radical (unpaired) electrons. The topological polar surface area (TPSA) is 58.6 Å². The number of rotatable bonds is 4. The van der Waals surface area contributed by atoms with Gasteiger partial charge >= 0.3 is 0 Å². The Bertz CT molecular complexity index is 1110. The zero-order valence-corrected chi connectivity index (χ0v) is 19.0. The van der Waals surface area contributed by atoms with Gasteiger partial charge in [0.15, 0.2) is 0 Å². The fourth-order valence-electron chi connectivity index (χ4n) is 5.72. The highest BCUT2D eigenvalue weighted by Gasteiger charge is 2.53. The summed E-state index contributed by atoms with van der Waals surface area (Å²) in [6.07, 6.45) is 2.32. The van der Waals surface area contributed by atoms with Gasteiger partial charge in [-0.1, -0.05) is 25.1 Å². The number of halogens is 3. The fourth-order valence-corrected chi connectivity index (χ4v) is 5.72. The van der Waals surface area contributed by atoms with Gasteiger partial charge in [-0.2, -0.15) is 0 Å². The molecule has 2 aliphatic heterocycles. The van der Waals surface area contributed by atoms with Crippen molar-refractivity contribution in [1.29, 1.82) is 0 Å². The lowest BCUT2D eigenvalue weighted by Crippen LogP contribution is -2.64. The lowest BCUT2D eigenvalue weighted by molar-refractivity contribution is -0.145. The number of ether oxygens (including phenoxy) is 1. The number of likely N-dealkylation sites (tertiary alicyclic amines) is 1. The molecule has 0 aromatic heterocycles. The Labute approximate surface area is 196 Å². The molecular formula is C26H27F3N2O3. The van der Waals surface area contributed by atoms with Gasteiger partial charge in [0, 0.05) is 24.1 Å². The predicted octanol–water partition coefficient (Wildman–Crippen LogP) is 3.85. The largest absolute Gasteiger partial charge is 0.369 e. The summed E-state index contributed by atoms with van der Waals surface area (Å²) in [5.41, 5.74) is -0.303. The number of hydrogen-bond donors (Lipinski definition) is 1. The maximum absolute atomic E-state index is 15.7. The van der Waals surface area contributed by atoms with Gasteiger partial charge in [0.2, 0.25) is 11.8 Å². The molecule has 3 aliphatic rings. The van der Waals surface area contributed by atoms with E-state index in [0.717, 1.165) is 31.0 Å². The molecule has 5 nitrogen and oxygen atoms in total. The van der Waals surface area contributed by atoms with E-state index in [0.29, 0.717) is 24.4 Å². The van der Waals surface area contributed by atoms with Gasteiger partial charge in [-0.05, 0) is 54.9 Å². The average Bonchev–Trinajstić information content (AvgIpc) is 3.08. The van der Waals surface area contributed by atoms with Gasteiger partial charge in [-0.25, -0.2) is 13.2 Å². The Morgan fingerprint density at radius 2 is 1.91 bits per heavy atom. The van der Waals surface area contributed by atoms with Crippen LogP contribution in [0.25, 0.3) is 11.1 Å². The summed E-state index contributed by atoms with van der Waals surface area (Å²) in [7, 11) is 0. The normalized spacial score (nSPS) is 28.6. The molecule has 8 heteroatoms. The molecule has 180 valence electrons. The lowest BCUT2D eigenvalue weighted by atomic mass is 9.75. The smallest absolute Gasteiger partial charge is 0.246 e. The zero-order chi connectivity index (χ0) is 24.0. The molecule has 2 aromatic carbocycles. The number of morpholine rings is 1. The van der Waals surface area contributed by atoms with Crippen LogP contribution in [0.3, 0.4) is 0 Å². The Morgan fingerprint density at radius 3 is 2.59 bits per heavy atom. The first-order valence-electron chi connectivity index (χ1n) is 11.7. The van der Waals surface area contributed by atoms with Crippen LogP contribution < -0.4 is 5.32 Å². The predicted molar refractivity (Wildman–Crippen MR) is 119 cm³/mol. The minimum atomic E-state index is -0.798. The van der Waals surface area contributed by atoms with E-state index in [1.165, 1.54) is 6.07 Å². The number of benzene rings is 2. The highest BCUT2D eigenvalue weighted by molar-refractivity contribution is 5.82. The third-order valence-electron chi connectivity index (χ3n) is 7.47. The van der Waals surface area contributed by atoms with Crippen LogP contribution in [0, 0.1) is 29.3 Å². The number of hydrogen-bond acceptors (Lipinski definition) is 3. The van der Waals surface area contributed by atoms with E-state index >= 15 is 4.39 Å². The van der Waals surface area contributed by atoms with Crippen LogP contribution in [-0.2, 0) is 20.7 Å². The van der Waals surface area contributed by atoms with Gasteiger partial charge < -0.3 is 15.0 Å². The summed E-state index contributed by atoms with van der Waals surface area (Å²) < 4.78 is 48.8. The van der Waals surface area contributed by atoms with Crippen molar-refractivity contribution >= 4 is 11.8 Å². The number of carbonyl (C=O) groups is 2. The molecule has 1 N–H and O–H groups in total. The van der Waals surface area contributed by atoms with E-state index in [-0.39, 0.29) is 48.5 Å². The molecule has 2 atom stereocenters. The molecule has 2 heterocycles. The van der Waals surface area contributed by atoms with Gasteiger partial charge in [0.1, 0.15) is 24.1 Å². The number of carbonyl (C=O) groups excluding carboxylic acids is 2. The van der Waals surface area contributed by atoms with E-state index in [1.807, 2.05) is 0 Å². The minimum Gasteiger partial charge on any atom is -0.369 e. The van der Waals surface area contributed by atoms with Crippen LogP contribution in [0.15, 0.2) is 36.4 Å². The molecule has 34 heavy (non-hydrogen) atoms. The monoisotopic (exact) mass is 472 g/mol. The molecule has 3 fully saturated rings. The van der Waals surface area contributed by atoms with Crippen molar-refractivity contribution in [3.63, 3.8) is 0 Å². The third-order valence-corrected chi connectivity index (χ3v) is 7.47. The summed E-state index contributed by atoms with van der Waals surface area (Å²) in [4.78, 5) is 27.3. The van der Waals surface area contributed by atoms with Crippen LogP contribution in [0.2, 0.25) is 0 Å². The van der Waals surface area contributed by atoms with Crippen LogP contribution in [0.4, 0.5) is 13.2 Å². The summed E-state index contributed by atoms with van der Waals surface area (Å²) in [5, 5.41) is 3.03. The Balaban J connectivity index is 1.49. The van der Waals surface area contributed by atoms with E-state index in [9.17, 15) is 18.4 Å². The van der Waals surface area contributed by atoms with Crippen LogP contribution in [0.5, 0.6) is 0 Å². The first-order chi connectivity index (χ1) is 16.3. The maximum Gasteiger partial charge on any atom is 0.246 e. The molecular weight excluding hydrogens is 445 g/mol. The van der Waals surface area contributed by atoms with Crippen LogP contribution in [0.1, 0.15) is 31.7 Å². The lowest BCUT2D eigenvalue weighted by Gasteiger charge is -2.43. The van der Waals surface area contributed by atoms with Crippen molar-refractivity contribution in [1.82, 2.24) is 10.2 Å². The molecule has 2 aromatic rings. The Kier molecular flexibility index (Phi) is 5.88. The second-order valence-corrected chi connectivity index (χ2v) is 9.91. The number of nitrogens with zero attached hydrogens (tertiary/aromatic N) is 1. The molecule has 2 saturated heterocycles. The van der Waals surface area contributed by atoms with Crippen molar-refractivity contribution in [3.8, 4) is 11.1 Å². The standard InChI is InChI=1S/C26H27F3N2O3/c1-15-7-18(8-15)25(33)31-6-5-26(14-34-13-23(32)30-26)22(31)11-16-3-2-4-21(24(16)29)17-9-19(27)12-20(28)10-17/h2-4,9-10,12,15,18,22H,5-8,11,13-14H2,1H3,(H,30,32). The first kappa shape index (κ1) is 22.9. The molecule has 2 unspecified atom stereocenters. The van der Waals surface area contributed by atoms with Crippen molar-refractivity contribution in [2.75, 3.05) is 19.8 Å². The molecule has 1 aliphatic carbocycles. The second-order valence-electron chi connectivity index (χ2n) is 9.91. The zero-order valence-electron chi connectivity index (χ0n) is 19.0. The summed E-state index contributed by atoms with van der Waals surface area (Å²) in [6.45, 7) is 2.76. The molecule has 1 saturated carbocycles. The van der Waals surface area contributed by atoms with E-state index in [2.05, 4.69) is 12.2 Å². The molecule has 5 rings (SSSR count). The minimum absolute atomic E-state index is 0.0311. The van der Waals surface area contributed by atoms with Crippen molar-refractivity contribution in [2.45, 2.75) is 44.2 Å². The maximum atomic E-state index is 15.7. The number of nitrogens with one attached hydrogen (secondary N) is 1. The first-order valence-corrected chi connectivity index (χ1v) is 11.7. The van der Waals surface area contributed by atoms with E-state index < -0.39 is 29.0 Å². The van der Waals surface area contributed by atoms with Crippen molar-refractivity contribution in [2.24, 2.45) is 11.8 Å². The van der Waals surface area contributed by atoms with Crippen molar-refractivity contribution in [3.05, 3.63) is 59.4 Å². The quantitative estimate of drug-likeness (QED) is 0.736. The van der Waals surface area contributed by atoms with Gasteiger partial charge in [-0.15, -0.1) is 0 Å². The van der Waals surface area contributed by atoms with E-state index in [1.54, 1.807) is 17.0 Å². The number of amides is 2. The third kappa shape index (κ3) is 4.08. The van der Waals surface area contributed by atoms with Crippen molar-refractivity contribution < 1.29 is 27.5 Å². The highest BCUT2D eigenvalue weighted by Crippen LogP contribution is 2.40. The molecule has 2 amide bonds. The summed E-state index contributed by atoms with van der Waals surface area (Å²) >= 11 is 0. The average molecular weight is 473 g/mol. The Hall–Kier alpha value is -2.87. The molecule has 1 spiro atoms. The highest BCUT2D eigenvalue weighted by atomic mass is 19.1. The second kappa shape index (κ2) is 8.73. The van der Waals surface area contributed by atoms with Gasteiger partial charge in [0.05, 0.1) is 18.2 Å². The Morgan fingerprint density at radius 1 is 1.18 bits per heavy atom. The summed E-state index contributed by atoms with van der Waals surface area (Å²) in [5.74, 6) is -1.95. The van der Waals surface area contributed by atoms with Crippen LogP contribution in [-0.4, -0.2) is 48.1 Å². The SMILES string of the molecule is CC1CC(C(=O)N2CCC3(COCC(=O)N3)C2Cc2cccc(-c3cc(F)cc(F)c3)c2F)C1. The molecule has 0 bridgehead atoms. The summed E-state index contributed by atoms with van der Waals surface area (Å²) in [6, 6.07) is 7.14.